The fraction of sp³-hybridized carbons (Fsp3) is 0.500. The molecule has 76 valence electrons. The first-order chi connectivity index (χ1) is 6.45. The van der Waals surface area contributed by atoms with Crippen LogP contribution in [0.4, 0.5) is 5.69 Å². The normalized spacial score (nSPS) is 18.4. The summed E-state index contributed by atoms with van der Waals surface area (Å²) in [5.74, 6) is 0. The number of para-hydroxylation sites is 1. The van der Waals surface area contributed by atoms with Crippen LogP contribution in [0.2, 0.25) is 0 Å². The van der Waals surface area contributed by atoms with Gasteiger partial charge in [-0.3, -0.25) is 0 Å². The van der Waals surface area contributed by atoms with E-state index in [-0.39, 0.29) is 17.0 Å². The standard InChI is InChI=1S/C12H15N.BrH/c1-4-10-6-2-8-13-9-3-7-11(5-1)12(10)13;/h1,4-5H,2-3,6-9H2;1H. The summed E-state index contributed by atoms with van der Waals surface area (Å²) in [7, 11) is 0. The quantitative estimate of drug-likeness (QED) is 0.688. The summed E-state index contributed by atoms with van der Waals surface area (Å²) in [6.07, 6.45) is 5.27. The molecular formula is C12H16BrN. The molecule has 1 aromatic carbocycles. The molecule has 2 heterocycles. The highest BCUT2D eigenvalue weighted by atomic mass is 79.9. The van der Waals surface area contributed by atoms with Crippen LogP contribution < -0.4 is 4.90 Å². The van der Waals surface area contributed by atoms with E-state index in [9.17, 15) is 0 Å². The minimum absolute atomic E-state index is 0. The van der Waals surface area contributed by atoms with Crippen molar-refractivity contribution in [1.29, 1.82) is 0 Å². The summed E-state index contributed by atoms with van der Waals surface area (Å²) in [6, 6.07) is 6.83. The van der Waals surface area contributed by atoms with Crippen LogP contribution in [0.1, 0.15) is 24.0 Å². The van der Waals surface area contributed by atoms with E-state index in [1.165, 1.54) is 38.8 Å². The van der Waals surface area contributed by atoms with Gasteiger partial charge in [-0.05, 0) is 36.8 Å². The third-order valence-corrected chi connectivity index (χ3v) is 3.27. The van der Waals surface area contributed by atoms with Gasteiger partial charge in [-0.25, -0.2) is 0 Å². The van der Waals surface area contributed by atoms with E-state index in [1.807, 2.05) is 0 Å². The predicted octanol–water partition coefficient (Wildman–Crippen LogP) is 2.96. The SMILES string of the molecule is Br.c1cc2c3c(c1)CCCN3CCC2. The van der Waals surface area contributed by atoms with Gasteiger partial charge in [0.2, 0.25) is 0 Å². The van der Waals surface area contributed by atoms with Crippen LogP contribution in [0.5, 0.6) is 0 Å². The van der Waals surface area contributed by atoms with E-state index in [4.69, 9.17) is 0 Å². The maximum Gasteiger partial charge on any atom is 0.0431 e. The molecule has 0 aliphatic carbocycles. The van der Waals surface area contributed by atoms with Crippen molar-refractivity contribution in [2.24, 2.45) is 0 Å². The Morgan fingerprint density at radius 2 is 1.50 bits per heavy atom. The molecule has 0 radical (unpaired) electrons. The predicted molar refractivity (Wildman–Crippen MR) is 65.6 cm³/mol. The molecule has 0 amide bonds. The van der Waals surface area contributed by atoms with Gasteiger partial charge in [0.15, 0.2) is 0 Å². The van der Waals surface area contributed by atoms with Gasteiger partial charge >= 0.3 is 0 Å². The van der Waals surface area contributed by atoms with Gasteiger partial charge in [0.25, 0.3) is 0 Å². The average Bonchev–Trinajstić information content (AvgIpc) is 2.19. The Balaban J connectivity index is 0.000000750. The Morgan fingerprint density at radius 1 is 0.929 bits per heavy atom. The minimum Gasteiger partial charge on any atom is -0.371 e. The number of halogens is 1. The monoisotopic (exact) mass is 253 g/mol. The fourth-order valence-corrected chi connectivity index (χ4v) is 2.71. The van der Waals surface area contributed by atoms with Crippen LogP contribution in [0, 0.1) is 0 Å². The molecule has 0 saturated heterocycles. The highest BCUT2D eigenvalue weighted by Crippen LogP contribution is 2.34. The number of nitrogens with zero attached hydrogens (tertiary/aromatic N) is 1. The lowest BCUT2D eigenvalue weighted by atomic mass is 9.92. The summed E-state index contributed by atoms with van der Waals surface area (Å²) in [6.45, 7) is 2.56. The number of aryl methyl sites for hydroxylation is 2. The molecule has 2 aliphatic rings. The Labute approximate surface area is 95.9 Å². The smallest absolute Gasteiger partial charge is 0.0431 e. The number of hydrogen-bond donors (Lipinski definition) is 0. The molecule has 2 aliphatic heterocycles. The Bertz CT molecular complexity index is 307. The van der Waals surface area contributed by atoms with Crippen molar-refractivity contribution in [2.45, 2.75) is 25.7 Å². The van der Waals surface area contributed by atoms with Crippen LogP contribution >= 0.6 is 17.0 Å². The van der Waals surface area contributed by atoms with Crippen molar-refractivity contribution >= 4 is 22.7 Å². The summed E-state index contributed by atoms with van der Waals surface area (Å²) in [5, 5.41) is 0. The zero-order valence-corrected chi connectivity index (χ0v) is 10.0. The second-order valence-corrected chi connectivity index (χ2v) is 4.12. The molecule has 2 heteroatoms. The maximum atomic E-state index is 2.58. The van der Waals surface area contributed by atoms with Crippen LogP contribution in [0.15, 0.2) is 18.2 Å². The van der Waals surface area contributed by atoms with Gasteiger partial charge in [-0.1, -0.05) is 18.2 Å². The summed E-state index contributed by atoms with van der Waals surface area (Å²) < 4.78 is 0. The molecule has 1 nitrogen and oxygen atoms in total. The Morgan fingerprint density at radius 3 is 2.07 bits per heavy atom. The number of rotatable bonds is 0. The first-order valence-corrected chi connectivity index (χ1v) is 5.31. The van der Waals surface area contributed by atoms with Crippen LogP contribution in [-0.4, -0.2) is 13.1 Å². The second-order valence-electron chi connectivity index (χ2n) is 4.12. The van der Waals surface area contributed by atoms with Crippen molar-refractivity contribution in [3.05, 3.63) is 29.3 Å². The molecular weight excluding hydrogens is 238 g/mol. The van der Waals surface area contributed by atoms with Crippen molar-refractivity contribution in [3.63, 3.8) is 0 Å². The van der Waals surface area contributed by atoms with Gasteiger partial charge in [0.1, 0.15) is 0 Å². The Kier molecular flexibility index (Phi) is 2.82. The van der Waals surface area contributed by atoms with Gasteiger partial charge in [-0.2, -0.15) is 0 Å². The van der Waals surface area contributed by atoms with Gasteiger partial charge in [-0.15, -0.1) is 17.0 Å². The topological polar surface area (TPSA) is 3.24 Å². The van der Waals surface area contributed by atoms with Crippen molar-refractivity contribution in [2.75, 3.05) is 18.0 Å². The Hall–Kier alpha value is -0.500. The van der Waals surface area contributed by atoms with Crippen molar-refractivity contribution in [1.82, 2.24) is 0 Å². The number of anilines is 1. The van der Waals surface area contributed by atoms with E-state index in [2.05, 4.69) is 23.1 Å². The largest absolute Gasteiger partial charge is 0.371 e. The lowest BCUT2D eigenvalue weighted by Crippen LogP contribution is -2.34. The second kappa shape index (κ2) is 3.93. The first kappa shape index (κ1) is 10.0. The van der Waals surface area contributed by atoms with E-state index in [0.29, 0.717) is 0 Å². The average molecular weight is 254 g/mol. The summed E-state index contributed by atoms with van der Waals surface area (Å²) >= 11 is 0. The van der Waals surface area contributed by atoms with E-state index >= 15 is 0 Å². The van der Waals surface area contributed by atoms with Crippen molar-refractivity contribution in [3.8, 4) is 0 Å². The molecule has 14 heavy (non-hydrogen) atoms. The molecule has 0 N–H and O–H groups in total. The molecule has 3 rings (SSSR count). The molecule has 0 spiro atoms. The zero-order chi connectivity index (χ0) is 8.67. The fourth-order valence-electron chi connectivity index (χ4n) is 2.71. The van der Waals surface area contributed by atoms with Crippen molar-refractivity contribution < 1.29 is 0 Å². The molecule has 0 saturated carbocycles. The maximum absolute atomic E-state index is 2.58. The summed E-state index contributed by atoms with van der Waals surface area (Å²) in [4.78, 5) is 2.58. The van der Waals surface area contributed by atoms with Crippen LogP contribution in [0.3, 0.4) is 0 Å². The zero-order valence-electron chi connectivity index (χ0n) is 8.33. The van der Waals surface area contributed by atoms with E-state index < -0.39 is 0 Å². The summed E-state index contributed by atoms with van der Waals surface area (Å²) in [5.41, 5.74) is 4.76. The van der Waals surface area contributed by atoms with E-state index in [0.717, 1.165) is 0 Å². The lowest BCUT2D eigenvalue weighted by Gasteiger charge is -2.36. The first-order valence-electron chi connectivity index (χ1n) is 5.31. The highest BCUT2D eigenvalue weighted by Gasteiger charge is 2.22. The molecule has 0 bridgehead atoms. The molecule has 0 aromatic heterocycles. The van der Waals surface area contributed by atoms with Gasteiger partial charge in [0, 0.05) is 18.8 Å². The van der Waals surface area contributed by atoms with Gasteiger partial charge < -0.3 is 4.90 Å². The minimum atomic E-state index is 0. The lowest BCUT2D eigenvalue weighted by molar-refractivity contribution is 0.634. The van der Waals surface area contributed by atoms with Gasteiger partial charge in [0.05, 0.1) is 0 Å². The number of hydrogen-bond acceptors (Lipinski definition) is 1. The number of benzene rings is 1. The van der Waals surface area contributed by atoms with Crippen LogP contribution in [0.25, 0.3) is 0 Å². The molecule has 1 aromatic rings. The third kappa shape index (κ3) is 1.46. The van der Waals surface area contributed by atoms with E-state index in [1.54, 1.807) is 16.8 Å². The molecule has 0 unspecified atom stereocenters. The van der Waals surface area contributed by atoms with Crippen LogP contribution in [-0.2, 0) is 12.8 Å². The molecule has 0 atom stereocenters. The molecule has 0 fully saturated rings. The third-order valence-electron chi connectivity index (χ3n) is 3.27. The highest BCUT2D eigenvalue weighted by molar-refractivity contribution is 8.93.